The molecule has 0 saturated carbocycles. The summed E-state index contributed by atoms with van der Waals surface area (Å²) >= 11 is 0. The Kier molecular flexibility index (Phi) is 7.94. The van der Waals surface area contributed by atoms with Crippen molar-refractivity contribution in [3.8, 4) is 0 Å². The molecule has 0 radical (unpaired) electrons. The Morgan fingerprint density at radius 1 is 1.17 bits per heavy atom. The van der Waals surface area contributed by atoms with Crippen molar-refractivity contribution >= 4 is 41.8 Å². The standard InChI is InChI=1S/C13H17N5O3.2ClH/c1-14-4-5-15-11(19)8-6-9-10(16-7-8)17(2)13(21)18(3)12(9)20;;/h6-7,14H,4-5H2,1-3H3,(H,15,19);2*1H. The Bertz CT molecular complexity index is 816. The number of nitrogens with zero attached hydrogens (tertiary/aromatic N) is 3. The first kappa shape index (κ1) is 21.1. The zero-order valence-electron chi connectivity index (χ0n) is 13.0. The number of amides is 1. The Morgan fingerprint density at radius 3 is 2.43 bits per heavy atom. The summed E-state index contributed by atoms with van der Waals surface area (Å²) in [6, 6.07) is 1.46. The van der Waals surface area contributed by atoms with Crippen molar-refractivity contribution in [1.29, 1.82) is 0 Å². The SMILES string of the molecule is CNCCNC(=O)c1cnc2c(c1)c(=O)n(C)c(=O)n2C.Cl.Cl. The van der Waals surface area contributed by atoms with Gasteiger partial charge in [-0.15, -0.1) is 24.8 Å². The van der Waals surface area contributed by atoms with Gasteiger partial charge in [0.15, 0.2) is 0 Å². The van der Waals surface area contributed by atoms with E-state index in [4.69, 9.17) is 0 Å². The van der Waals surface area contributed by atoms with Crippen molar-refractivity contribution < 1.29 is 4.79 Å². The van der Waals surface area contributed by atoms with E-state index in [1.807, 2.05) is 0 Å². The third-order valence-corrected chi connectivity index (χ3v) is 3.22. The maximum absolute atomic E-state index is 12.1. The molecule has 23 heavy (non-hydrogen) atoms. The maximum atomic E-state index is 12.1. The van der Waals surface area contributed by atoms with E-state index in [0.717, 1.165) is 4.57 Å². The van der Waals surface area contributed by atoms with Crippen LogP contribution in [0.4, 0.5) is 0 Å². The number of hydrogen-bond acceptors (Lipinski definition) is 5. The van der Waals surface area contributed by atoms with Crippen molar-refractivity contribution in [2.75, 3.05) is 20.1 Å². The highest BCUT2D eigenvalue weighted by molar-refractivity contribution is 5.96. The first-order chi connectivity index (χ1) is 9.97. The molecule has 0 fully saturated rings. The lowest BCUT2D eigenvalue weighted by molar-refractivity contribution is 0.0954. The highest BCUT2D eigenvalue weighted by atomic mass is 35.5. The third-order valence-electron chi connectivity index (χ3n) is 3.22. The number of halogens is 2. The topological polar surface area (TPSA) is 98.0 Å². The molecule has 0 unspecified atom stereocenters. The second kappa shape index (κ2) is 8.66. The van der Waals surface area contributed by atoms with E-state index in [9.17, 15) is 14.4 Å². The molecule has 2 N–H and O–H groups in total. The molecule has 2 rings (SSSR count). The molecule has 0 spiro atoms. The van der Waals surface area contributed by atoms with E-state index in [-0.39, 0.29) is 47.3 Å². The quantitative estimate of drug-likeness (QED) is 0.708. The van der Waals surface area contributed by atoms with Crippen LogP contribution in [0.3, 0.4) is 0 Å². The van der Waals surface area contributed by atoms with Gasteiger partial charge in [-0.1, -0.05) is 0 Å². The zero-order chi connectivity index (χ0) is 15.6. The third kappa shape index (κ3) is 4.10. The predicted molar refractivity (Wildman–Crippen MR) is 93.0 cm³/mol. The lowest BCUT2D eigenvalue weighted by Crippen LogP contribution is -2.37. The van der Waals surface area contributed by atoms with Gasteiger partial charge in [-0.2, -0.15) is 0 Å². The fourth-order valence-electron chi connectivity index (χ4n) is 1.99. The minimum absolute atomic E-state index is 0. The average molecular weight is 364 g/mol. The number of nitrogens with one attached hydrogen (secondary N) is 2. The van der Waals surface area contributed by atoms with Crippen molar-refractivity contribution in [2.45, 2.75) is 0 Å². The number of aryl methyl sites for hydroxylation is 1. The Morgan fingerprint density at radius 2 is 1.83 bits per heavy atom. The van der Waals surface area contributed by atoms with Gasteiger partial charge in [-0.05, 0) is 13.1 Å². The number of likely N-dealkylation sites (N-methyl/N-ethyl adjacent to an activating group) is 1. The van der Waals surface area contributed by atoms with E-state index in [1.54, 1.807) is 7.05 Å². The molecule has 0 aliphatic carbocycles. The predicted octanol–water partition coefficient (Wildman–Crippen LogP) is -0.575. The second-order valence-corrected chi connectivity index (χ2v) is 4.66. The number of aromatic nitrogens is 3. The van der Waals surface area contributed by atoms with Crippen molar-refractivity contribution in [2.24, 2.45) is 14.1 Å². The molecular formula is C13H19Cl2N5O3. The molecule has 10 heteroatoms. The van der Waals surface area contributed by atoms with Gasteiger partial charge in [0.05, 0.1) is 10.9 Å². The zero-order valence-corrected chi connectivity index (χ0v) is 14.6. The molecular weight excluding hydrogens is 345 g/mol. The summed E-state index contributed by atoms with van der Waals surface area (Å²) in [4.78, 5) is 39.9. The monoisotopic (exact) mass is 363 g/mol. The van der Waals surface area contributed by atoms with E-state index >= 15 is 0 Å². The molecule has 0 aliphatic heterocycles. The van der Waals surface area contributed by atoms with Gasteiger partial charge in [-0.3, -0.25) is 18.7 Å². The molecule has 2 aromatic heterocycles. The normalized spacial score (nSPS) is 9.87. The van der Waals surface area contributed by atoms with Crippen LogP contribution < -0.4 is 21.9 Å². The smallest absolute Gasteiger partial charge is 0.332 e. The van der Waals surface area contributed by atoms with Crippen molar-refractivity contribution in [1.82, 2.24) is 24.8 Å². The lowest BCUT2D eigenvalue weighted by Gasteiger charge is -2.08. The van der Waals surface area contributed by atoms with Gasteiger partial charge in [0.1, 0.15) is 5.65 Å². The Balaban J connectivity index is 0.00000242. The van der Waals surface area contributed by atoms with Crippen molar-refractivity contribution in [3.05, 3.63) is 38.7 Å². The van der Waals surface area contributed by atoms with E-state index in [2.05, 4.69) is 15.6 Å². The van der Waals surface area contributed by atoms with E-state index < -0.39 is 11.2 Å². The van der Waals surface area contributed by atoms with Crippen LogP contribution in [0, 0.1) is 0 Å². The Hall–Kier alpha value is -1.90. The fraction of sp³-hybridized carbons (Fsp3) is 0.385. The fourth-order valence-corrected chi connectivity index (χ4v) is 1.99. The minimum Gasteiger partial charge on any atom is -0.351 e. The number of carbonyl (C=O) groups excluding carboxylic acids is 1. The summed E-state index contributed by atoms with van der Waals surface area (Å²) in [5.41, 5.74) is -0.374. The minimum atomic E-state index is -0.467. The van der Waals surface area contributed by atoms with Crippen LogP contribution in [-0.4, -0.2) is 40.2 Å². The van der Waals surface area contributed by atoms with Crippen LogP contribution >= 0.6 is 24.8 Å². The average Bonchev–Trinajstić information content (AvgIpc) is 2.50. The molecule has 8 nitrogen and oxygen atoms in total. The summed E-state index contributed by atoms with van der Waals surface area (Å²) in [6.07, 6.45) is 1.36. The number of hydrogen-bond donors (Lipinski definition) is 2. The lowest BCUT2D eigenvalue weighted by atomic mass is 10.2. The summed E-state index contributed by atoms with van der Waals surface area (Å²) in [7, 11) is 4.71. The summed E-state index contributed by atoms with van der Waals surface area (Å²) in [5, 5.41) is 5.86. The molecule has 1 amide bonds. The molecule has 2 aromatic rings. The molecule has 128 valence electrons. The second-order valence-electron chi connectivity index (χ2n) is 4.66. The maximum Gasteiger partial charge on any atom is 0.332 e. The van der Waals surface area contributed by atoms with Gasteiger partial charge in [0.2, 0.25) is 0 Å². The number of pyridine rings is 1. The first-order valence-corrected chi connectivity index (χ1v) is 6.46. The van der Waals surface area contributed by atoms with Crippen molar-refractivity contribution in [3.63, 3.8) is 0 Å². The van der Waals surface area contributed by atoms with Crippen LogP contribution in [0.1, 0.15) is 10.4 Å². The van der Waals surface area contributed by atoms with Crippen LogP contribution in [0.2, 0.25) is 0 Å². The highest BCUT2D eigenvalue weighted by Gasteiger charge is 2.13. The van der Waals surface area contributed by atoms with Gasteiger partial charge < -0.3 is 10.6 Å². The van der Waals surface area contributed by atoms with Gasteiger partial charge >= 0.3 is 5.69 Å². The summed E-state index contributed by atoms with van der Waals surface area (Å²) in [6.45, 7) is 1.11. The molecule has 0 atom stereocenters. The summed E-state index contributed by atoms with van der Waals surface area (Å²) < 4.78 is 2.27. The highest BCUT2D eigenvalue weighted by Crippen LogP contribution is 2.07. The number of fused-ring (bicyclic) bond motifs is 1. The van der Waals surface area contributed by atoms with Crippen LogP contribution in [-0.2, 0) is 14.1 Å². The molecule has 0 saturated heterocycles. The molecule has 2 heterocycles. The molecule has 0 aliphatic rings. The largest absolute Gasteiger partial charge is 0.351 e. The van der Waals surface area contributed by atoms with E-state index in [1.165, 1.54) is 30.9 Å². The van der Waals surface area contributed by atoms with Gasteiger partial charge in [0, 0.05) is 33.4 Å². The van der Waals surface area contributed by atoms with Crippen LogP contribution in [0.25, 0.3) is 11.0 Å². The Labute approximate surface area is 144 Å². The van der Waals surface area contributed by atoms with E-state index in [0.29, 0.717) is 13.1 Å². The number of rotatable bonds is 4. The number of carbonyl (C=O) groups is 1. The molecule has 0 bridgehead atoms. The summed E-state index contributed by atoms with van der Waals surface area (Å²) in [5.74, 6) is -0.310. The van der Waals surface area contributed by atoms with Crippen LogP contribution in [0.15, 0.2) is 21.9 Å². The first-order valence-electron chi connectivity index (χ1n) is 6.46. The van der Waals surface area contributed by atoms with Crippen LogP contribution in [0.5, 0.6) is 0 Å². The van der Waals surface area contributed by atoms with Gasteiger partial charge in [-0.25, -0.2) is 9.78 Å². The van der Waals surface area contributed by atoms with Gasteiger partial charge in [0.25, 0.3) is 11.5 Å². The molecule has 0 aromatic carbocycles.